The predicted molar refractivity (Wildman–Crippen MR) is 59.5 cm³/mol. The minimum atomic E-state index is -1.22. The lowest BCUT2D eigenvalue weighted by molar-refractivity contribution is -0.388. The molecule has 2 rings (SSSR count). The fourth-order valence-corrected chi connectivity index (χ4v) is 1.91. The van der Waals surface area contributed by atoms with Gasteiger partial charge in [-0.15, -0.1) is 0 Å². The Bertz CT molecular complexity index is 462. The lowest BCUT2D eigenvalue weighted by Crippen LogP contribution is -2.37. The number of nitrogens with zero attached hydrogens (tertiary/aromatic N) is 1. The zero-order valence-electron chi connectivity index (χ0n) is 9.49. The molecule has 0 aromatic heterocycles. The van der Waals surface area contributed by atoms with E-state index in [1.165, 1.54) is 0 Å². The van der Waals surface area contributed by atoms with Crippen molar-refractivity contribution >= 4 is 5.69 Å². The molecule has 7 heteroatoms. The van der Waals surface area contributed by atoms with Crippen LogP contribution < -0.4 is 10.1 Å². The van der Waals surface area contributed by atoms with Crippen molar-refractivity contribution in [1.29, 1.82) is 0 Å². The molecule has 1 aromatic rings. The molecule has 0 spiro atoms. The quantitative estimate of drug-likeness (QED) is 0.665. The summed E-state index contributed by atoms with van der Waals surface area (Å²) in [5, 5.41) is 13.8. The van der Waals surface area contributed by atoms with Crippen LogP contribution in [0.15, 0.2) is 12.1 Å². The van der Waals surface area contributed by atoms with Gasteiger partial charge in [0.25, 0.3) is 0 Å². The van der Waals surface area contributed by atoms with Gasteiger partial charge in [0.1, 0.15) is 11.9 Å². The Morgan fingerprint density at radius 3 is 2.83 bits per heavy atom. The fraction of sp³-hybridized carbons (Fsp3) is 0.455. The van der Waals surface area contributed by atoms with E-state index in [-0.39, 0.29) is 11.9 Å². The second-order valence-corrected chi connectivity index (χ2v) is 4.08. The number of ether oxygens (including phenoxy) is 1. The molecule has 0 unspecified atom stereocenters. The van der Waals surface area contributed by atoms with Crippen molar-refractivity contribution in [3.63, 3.8) is 0 Å². The molecule has 1 aliphatic rings. The third kappa shape index (κ3) is 2.73. The number of benzene rings is 1. The van der Waals surface area contributed by atoms with Gasteiger partial charge in [-0.25, -0.2) is 4.39 Å². The van der Waals surface area contributed by atoms with Gasteiger partial charge in [0, 0.05) is 18.7 Å². The third-order valence-electron chi connectivity index (χ3n) is 2.72. The maximum absolute atomic E-state index is 13.3. The number of nitrogens with one attached hydrogen (secondary N) is 1. The van der Waals surface area contributed by atoms with E-state index in [0.717, 1.165) is 19.0 Å². The van der Waals surface area contributed by atoms with E-state index < -0.39 is 22.2 Å². The number of nitro benzene ring substituents is 1. The lowest BCUT2D eigenvalue weighted by atomic mass is 10.1. The summed E-state index contributed by atoms with van der Waals surface area (Å²) in [6.07, 6.45) is 1.25. The molecule has 98 valence electrons. The molecule has 1 heterocycles. The Kier molecular flexibility index (Phi) is 3.71. The first kappa shape index (κ1) is 12.7. The van der Waals surface area contributed by atoms with Crippen molar-refractivity contribution in [2.75, 3.05) is 13.1 Å². The van der Waals surface area contributed by atoms with Gasteiger partial charge in [0.2, 0.25) is 11.6 Å². The van der Waals surface area contributed by atoms with Crippen LogP contribution in [-0.4, -0.2) is 24.1 Å². The summed E-state index contributed by atoms with van der Waals surface area (Å²) in [6.45, 7) is 1.36. The summed E-state index contributed by atoms with van der Waals surface area (Å²) in [5.74, 6) is -2.47. The maximum atomic E-state index is 13.3. The predicted octanol–water partition coefficient (Wildman–Crippen LogP) is 2.00. The number of halogens is 2. The van der Waals surface area contributed by atoms with Crippen LogP contribution in [0.3, 0.4) is 0 Å². The summed E-state index contributed by atoms with van der Waals surface area (Å²) in [5.41, 5.74) is -0.818. The zero-order chi connectivity index (χ0) is 13.1. The molecule has 0 amide bonds. The smallest absolute Gasteiger partial charge is 0.346 e. The van der Waals surface area contributed by atoms with E-state index in [4.69, 9.17) is 4.74 Å². The van der Waals surface area contributed by atoms with E-state index in [9.17, 15) is 18.9 Å². The summed E-state index contributed by atoms with van der Waals surface area (Å²) < 4.78 is 31.7. The van der Waals surface area contributed by atoms with Crippen molar-refractivity contribution in [2.45, 2.75) is 18.9 Å². The number of hydrogen-bond donors (Lipinski definition) is 1. The fourth-order valence-electron chi connectivity index (χ4n) is 1.91. The van der Waals surface area contributed by atoms with E-state index in [1.807, 2.05) is 0 Å². The van der Waals surface area contributed by atoms with E-state index in [2.05, 4.69) is 5.32 Å². The van der Waals surface area contributed by atoms with Gasteiger partial charge in [0.15, 0.2) is 0 Å². The first-order valence-electron chi connectivity index (χ1n) is 5.58. The van der Waals surface area contributed by atoms with Crippen molar-refractivity contribution in [3.05, 3.63) is 33.9 Å². The molecular weight excluding hydrogens is 246 g/mol. The lowest BCUT2D eigenvalue weighted by Gasteiger charge is -2.23. The molecule has 1 fully saturated rings. The van der Waals surface area contributed by atoms with Crippen LogP contribution in [0.4, 0.5) is 14.5 Å². The van der Waals surface area contributed by atoms with Crippen LogP contribution in [0, 0.1) is 21.7 Å². The normalized spacial score (nSPS) is 19.6. The van der Waals surface area contributed by atoms with Gasteiger partial charge in [-0.1, -0.05) is 0 Å². The molecule has 0 bridgehead atoms. The topological polar surface area (TPSA) is 64.4 Å². The van der Waals surface area contributed by atoms with Crippen molar-refractivity contribution in [1.82, 2.24) is 5.32 Å². The average molecular weight is 258 g/mol. The van der Waals surface area contributed by atoms with Gasteiger partial charge >= 0.3 is 5.69 Å². The van der Waals surface area contributed by atoms with E-state index in [1.54, 1.807) is 0 Å². The first-order chi connectivity index (χ1) is 8.58. The molecule has 1 N–H and O–H groups in total. The molecule has 1 aromatic carbocycles. The molecule has 18 heavy (non-hydrogen) atoms. The molecule has 1 aliphatic heterocycles. The highest BCUT2D eigenvalue weighted by Crippen LogP contribution is 2.32. The monoisotopic (exact) mass is 258 g/mol. The molecule has 1 atom stereocenters. The summed E-state index contributed by atoms with van der Waals surface area (Å²) in [7, 11) is 0. The minimum Gasteiger partial charge on any atom is -0.482 e. The second-order valence-electron chi connectivity index (χ2n) is 4.08. The maximum Gasteiger partial charge on any atom is 0.346 e. The van der Waals surface area contributed by atoms with E-state index in [0.29, 0.717) is 19.0 Å². The van der Waals surface area contributed by atoms with Crippen LogP contribution >= 0.6 is 0 Å². The minimum absolute atomic E-state index is 0.307. The van der Waals surface area contributed by atoms with Gasteiger partial charge in [-0.3, -0.25) is 10.1 Å². The Morgan fingerprint density at radius 1 is 1.44 bits per heavy atom. The largest absolute Gasteiger partial charge is 0.482 e. The van der Waals surface area contributed by atoms with Crippen molar-refractivity contribution in [2.24, 2.45) is 0 Å². The Hall–Kier alpha value is -1.76. The highest BCUT2D eigenvalue weighted by atomic mass is 19.1. The van der Waals surface area contributed by atoms with Crippen LogP contribution in [-0.2, 0) is 0 Å². The van der Waals surface area contributed by atoms with Crippen molar-refractivity contribution < 1.29 is 18.4 Å². The Balaban J connectivity index is 2.27. The van der Waals surface area contributed by atoms with Gasteiger partial charge < -0.3 is 10.1 Å². The number of rotatable bonds is 3. The van der Waals surface area contributed by atoms with Crippen LogP contribution in [0.25, 0.3) is 0 Å². The summed E-state index contributed by atoms with van der Waals surface area (Å²) in [4.78, 5) is 9.84. The molecule has 0 radical (unpaired) electrons. The second kappa shape index (κ2) is 5.26. The standard InChI is InChI=1S/C11H12F2N2O3/c12-7-4-9(13)11(15(16)17)10(5-7)18-8-2-1-3-14-6-8/h4-5,8,14H,1-3,6H2/t8-/m0/s1. The number of hydrogen-bond acceptors (Lipinski definition) is 4. The average Bonchev–Trinajstić information content (AvgIpc) is 2.28. The van der Waals surface area contributed by atoms with Crippen molar-refractivity contribution in [3.8, 4) is 5.75 Å². The number of nitro groups is 1. The van der Waals surface area contributed by atoms with Gasteiger partial charge in [-0.2, -0.15) is 4.39 Å². The van der Waals surface area contributed by atoms with Gasteiger partial charge in [0.05, 0.1) is 4.92 Å². The summed E-state index contributed by atoms with van der Waals surface area (Å²) in [6, 6.07) is 1.32. The Morgan fingerprint density at radius 2 is 2.22 bits per heavy atom. The highest BCUT2D eigenvalue weighted by Gasteiger charge is 2.26. The number of piperidine rings is 1. The van der Waals surface area contributed by atoms with E-state index >= 15 is 0 Å². The molecular formula is C11H12F2N2O3. The van der Waals surface area contributed by atoms with Crippen LogP contribution in [0.1, 0.15) is 12.8 Å². The molecule has 0 saturated carbocycles. The SMILES string of the molecule is O=[N+]([O-])c1c(F)cc(F)cc1O[C@H]1CCCNC1. The Labute approximate surface area is 102 Å². The van der Waals surface area contributed by atoms with Crippen LogP contribution in [0.2, 0.25) is 0 Å². The molecule has 1 saturated heterocycles. The third-order valence-corrected chi connectivity index (χ3v) is 2.72. The molecule has 5 nitrogen and oxygen atoms in total. The molecule has 0 aliphatic carbocycles. The summed E-state index contributed by atoms with van der Waals surface area (Å²) >= 11 is 0. The first-order valence-corrected chi connectivity index (χ1v) is 5.58. The highest BCUT2D eigenvalue weighted by molar-refractivity contribution is 5.47. The van der Waals surface area contributed by atoms with Gasteiger partial charge in [-0.05, 0) is 19.4 Å². The van der Waals surface area contributed by atoms with Crippen LogP contribution in [0.5, 0.6) is 5.75 Å². The zero-order valence-corrected chi connectivity index (χ0v) is 9.49.